The maximum atomic E-state index is 13.0. The second-order valence-electron chi connectivity index (χ2n) is 9.14. The Kier molecular flexibility index (Phi) is 6.94. The van der Waals surface area contributed by atoms with Gasteiger partial charge in [-0.2, -0.15) is 0 Å². The van der Waals surface area contributed by atoms with Crippen LogP contribution in [0.15, 0.2) is 67.1 Å². The van der Waals surface area contributed by atoms with E-state index in [9.17, 15) is 9.59 Å². The number of carbonyl (C=O) groups is 2. The van der Waals surface area contributed by atoms with Gasteiger partial charge in [0.2, 0.25) is 0 Å². The molecule has 0 unspecified atom stereocenters. The molecule has 0 saturated carbocycles. The van der Waals surface area contributed by atoms with Crippen LogP contribution in [0.2, 0.25) is 0 Å². The molecule has 0 radical (unpaired) electrons. The van der Waals surface area contributed by atoms with Crippen LogP contribution < -0.4 is 14.8 Å². The monoisotopic (exact) mass is 512 g/mol. The number of aryl methyl sites for hydroxylation is 1. The summed E-state index contributed by atoms with van der Waals surface area (Å²) in [6, 6.07) is 13.7. The van der Waals surface area contributed by atoms with Crippen LogP contribution in [0.25, 0.3) is 16.6 Å². The molecule has 0 fully saturated rings. The molecule has 194 valence electrons. The van der Waals surface area contributed by atoms with Gasteiger partial charge in [-0.25, -0.2) is 19.6 Å². The highest BCUT2D eigenvalue weighted by Gasteiger charge is 2.21. The SMILES string of the molecule is Cc1c[nH]c2ncnc(C3=CCN(C(=O)Nc4cccc(Oc5cccc(OC(=O)N(C)C)c5)c4)CC3)c12. The number of nitrogens with one attached hydrogen (secondary N) is 2. The van der Waals surface area contributed by atoms with E-state index in [0.29, 0.717) is 42.4 Å². The average Bonchev–Trinajstić information content (AvgIpc) is 3.30. The first-order chi connectivity index (χ1) is 18.4. The van der Waals surface area contributed by atoms with Gasteiger partial charge in [-0.1, -0.05) is 18.2 Å². The Hall–Kier alpha value is -4.86. The molecule has 0 bridgehead atoms. The van der Waals surface area contributed by atoms with Gasteiger partial charge >= 0.3 is 12.1 Å². The normalized spacial score (nSPS) is 13.1. The number of ether oxygens (including phenoxy) is 2. The number of benzene rings is 2. The molecule has 3 amide bonds. The maximum absolute atomic E-state index is 13.0. The second kappa shape index (κ2) is 10.6. The van der Waals surface area contributed by atoms with E-state index in [2.05, 4.69) is 20.3 Å². The molecular weight excluding hydrogens is 484 g/mol. The fraction of sp³-hybridized carbons (Fsp3) is 0.214. The smallest absolute Gasteiger partial charge is 0.414 e. The highest BCUT2D eigenvalue weighted by Crippen LogP contribution is 2.30. The van der Waals surface area contributed by atoms with Crippen molar-refractivity contribution in [1.82, 2.24) is 24.8 Å². The molecule has 5 rings (SSSR count). The predicted molar refractivity (Wildman–Crippen MR) is 144 cm³/mol. The molecule has 0 aliphatic carbocycles. The van der Waals surface area contributed by atoms with Gasteiger partial charge in [0.25, 0.3) is 0 Å². The summed E-state index contributed by atoms with van der Waals surface area (Å²) in [6.07, 6.45) is 5.77. The highest BCUT2D eigenvalue weighted by atomic mass is 16.6. The summed E-state index contributed by atoms with van der Waals surface area (Å²) in [5, 5.41) is 3.97. The van der Waals surface area contributed by atoms with Crippen LogP contribution >= 0.6 is 0 Å². The molecule has 4 aromatic rings. The van der Waals surface area contributed by atoms with Crippen molar-refractivity contribution in [2.24, 2.45) is 0 Å². The van der Waals surface area contributed by atoms with Crippen molar-refractivity contribution in [2.75, 3.05) is 32.5 Å². The van der Waals surface area contributed by atoms with E-state index in [1.54, 1.807) is 73.9 Å². The average molecular weight is 513 g/mol. The van der Waals surface area contributed by atoms with Gasteiger partial charge < -0.3 is 29.6 Å². The molecule has 2 aromatic carbocycles. The van der Waals surface area contributed by atoms with Crippen molar-refractivity contribution in [3.63, 3.8) is 0 Å². The first-order valence-corrected chi connectivity index (χ1v) is 12.2. The molecule has 3 heterocycles. The number of rotatable bonds is 5. The number of aromatic amines is 1. The maximum Gasteiger partial charge on any atom is 0.414 e. The molecule has 0 spiro atoms. The number of urea groups is 1. The van der Waals surface area contributed by atoms with Gasteiger partial charge in [0, 0.05) is 56.6 Å². The predicted octanol–water partition coefficient (Wildman–Crippen LogP) is 5.44. The second-order valence-corrected chi connectivity index (χ2v) is 9.14. The van der Waals surface area contributed by atoms with Crippen LogP contribution in [-0.4, -0.2) is 64.1 Å². The van der Waals surface area contributed by atoms with Crippen LogP contribution in [0.4, 0.5) is 15.3 Å². The summed E-state index contributed by atoms with van der Waals surface area (Å²) < 4.78 is 11.2. The molecule has 10 nitrogen and oxygen atoms in total. The van der Waals surface area contributed by atoms with E-state index in [1.807, 2.05) is 19.2 Å². The summed E-state index contributed by atoms with van der Waals surface area (Å²) in [5.41, 5.74) is 4.55. The van der Waals surface area contributed by atoms with E-state index < -0.39 is 6.09 Å². The van der Waals surface area contributed by atoms with Crippen LogP contribution in [0.3, 0.4) is 0 Å². The molecular formula is C28H28N6O4. The molecule has 2 aromatic heterocycles. The Morgan fingerprint density at radius 2 is 1.82 bits per heavy atom. The Morgan fingerprint density at radius 1 is 1.05 bits per heavy atom. The van der Waals surface area contributed by atoms with Crippen molar-refractivity contribution >= 4 is 34.4 Å². The van der Waals surface area contributed by atoms with Crippen LogP contribution in [0.1, 0.15) is 17.7 Å². The van der Waals surface area contributed by atoms with Crippen LogP contribution in [0, 0.1) is 6.92 Å². The Balaban J connectivity index is 1.22. The van der Waals surface area contributed by atoms with E-state index in [0.717, 1.165) is 27.9 Å². The van der Waals surface area contributed by atoms with E-state index in [1.165, 1.54) is 4.90 Å². The number of carbonyl (C=O) groups excluding carboxylic acids is 2. The lowest BCUT2D eigenvalue weighted by molar-refractivity contribution is 0.172. The summed E-state index contributed by atoms with van der Waals surface area (Å²) in [7, 11) is 3.22. The third-order valence-electron chi connectivity index (χ3n) is 6.16. The lowest BCUT2D eigenvalue weighted by Gasteiger charge is -2.26. The zero-order valence-corrected chi connectivity index (χ0v) is 21.4. The molecule has 0 atom stereocenters. The number of hydrogen-bond acceptors (Lipinski definition) is 6. The topological polar surface area (TPSA) is 113 Å². The molecule has 1 aliphatic rings. The summed E-state index contributed by atoms with van der Waals surface area (Å²) in [4.78, 5) is 39.9. The fourth-order valence-electron chi connectivity index (χ4n) is 4.20. The number of anilines is 1. The van der Waals surface area contributed by atoms with E-state index >= 15 is 0 Å². The Bertz CT molecular complexity index is 1530. The minimum atomic E-state index is -0.476. The van der Waals surface area contributed by atoms with Gasteiger partial charge in [0.1, 0.15) is 29.2 Å². The van der Waals surface area contributed by atoms with Crippen molar-refractivity contribution in [3.8, 4) is 17.2 Å². The minimum Gasteiger partial charge on any atom is -0.457 e. The first-order valence-electron chi connectivity index (χ1n) is 12.2. The van der Waals surface area contributed by atoms with Gasteiger partial charge in [-0.15, -0.1) is 0 Å². The lowest BCUT2D eigenvalue weighted by Crippen LogP contribution is -2.37. The highest BCUT2D eigenvalue weighted by molar-refractivity contribution is 5.93. The summed E-state index contributed by atoms with van der Waals surface area (Å²) >= 11 is 0. The van der Waals surface area contributed by atoms with Gasteiger partial charge in [0.05, 0.1) is 5.69 Å². The number of hydrogen-bond donors (Lipinski definition) is 2. The zero-order chi connectivity index (χ0) is 26.6. The quantitative estimate of drug-likeness (QED) is 0.368. The third-order valence-corrected chi connectivity index (χ3v) is 6.16. The summed E-state index contributed by atoms with van der Waals surface area (Å²) in [6.45, 7) is 3.08. The van der Waals surface area contributed by atoms with Crippen molar-refractivity contribution in [3.05, 3.63) is 78.4 Å². The molecule has 38 heavy (non-hydrogen) atoms. The van der Waals surface area contributed by atoms with Crippen molar-refractivity contribution < 1.29 is 19.1 Å². The van der Waals surface area contributed by atoms with Gasteiger partial charge in [-0.3, -0.25) is 0 Å². The number of aromatic nitrogens is 3. The number of nitrogens with zero attached hydrogens (tertiary/aromatic N) is 4. The van der Waals surface area contributed by atoms with Gasteiger partial charge in [-0.05, 0) is 48.7 Å². The van der Waals surface area contributed by atoms with Crippen LogP contribution in [-0.2, 0) is 0 Å². The van der Waals surface area contributed by atoms with Crippen LogP contribution in [0.5, 0.6) is 17.2 Å². The van der Waals surface area contributed by atoms with E-state index in [-0.39, 0.29) is 6.03 Å². The fourth-order valence-corrected chi connectivity index (χ4v) is 4.20. The molecule has 2 N–H and O–H groups in total. The largest absolute Gasteiger partial charge is 0.457 e. The Labute approximate surface area is 219 Å². The number of H-pyrrole nitrogens is 1. The number of fused-ring (bicyclic) bond motifs is 1. The first kappa shape index (κ1) is 24.8. The number of amides is 3. The molecule has 0 saturated heterocycles. The molecule has 1 aliphatic heterocycles. The van der Waals surface area contributed by atoms with Crippen molar-refractivity contribution in [2.45, 2.75) is 13.3 Å². The third kappa shape index (κ3) is 5.44. The standard InChI is InChI=1S/C28H28N6O4/c1-18-16-29-26-24(18)25(30-17-31-26)19-10-12-34(13-11-19)27(35)32-20-6-4-7-21(14-20)37-22-8-5-9-23(15-22)38-28(36)33(2)3/h4-10,14-17H,11-13H2,1-3H3,(H,32,35)(H,29,30,31). The van der Waals surface area contributed by atoms with E-state index in [4.69, 9.17) is 9.47 Å². The minimum absolute atomic E-state index is 0.194. The molecule has 10 heteroatoms. The summed E-state index contributed by atoms with van der Waals surface area (Å²) in [5.74, 6) is 1.41. The zero-order valence-electron chi connectivity index (χ0n) is 21.4. The lowest BCUT2D eigenvalue weighted by atomic mass is 10.0. The van der Waals surface area contributed by atoms with Gasteiger partial charge in [0.15, 0.2) is 0 Å². The van der Waals surface area contributed by atoms with Crippen molar-refractivity contribution in [1.29, 1.82) is 0 Å². The Morgan fingerprint density at radius 3 is 2.58 bits per heavy atom.